The number of para-hydroxylation sites is 1. The van der Waals surface area contributed by atoms with E-state index in [1.165, 1.54) is 5.39 Å². The molecule has 1 N–H and O–H groups in total. The van der Waals surface area contributed by atoms with Crippen LogP contribution in [0.2, 0.25) is 0 Å². The van der Waals surface area contributed by atoms with Gasteiger partial charge in [0.15, 0.2) is 0 Å². The average molecular weight is 213 g/mol. The molecule has 0 saturated carbocycles. The van der Waals surface area contributed by atoms with Crippen LogP contribution in [-0.2, 0) is 13.6 Å². The van der Waals surface area contributed by atoms with Crippen LogP contribution in [0.1, 0.15) is 12.1 Å². The summed E-state index contributed by atoms with van der Waals surface area (Å²) in [6.07, 6.45) is 5.95. The Bertz CT molecular complexity index is 519. The number of aryl methyl sites for hydroxylation is 1. The lowest BCUT2D eigenvalue weighted by molar-refractivity contribution is 0.668. The highest BCUT2D eigenvalue weighted by molar-refractivity contribution is 5.81. The Morgan fingerprint density at radius 2 is 2.25 bits per heavy atom. The van der Waals surface area contributed by atoms with Gasteiger partial charge in [0.1, 0.15) is 0 Å². The summed E-state index contributed by atoms with van der Waals surface area (Å²) in [7, 11) is 1.97. The molecule has 0 saturated heterocycles. The van der Waals surface area contributed by atoms with Crippen LogP contribution in [0.4, 0.5) is 0 Å². The van der Waals surface area contributed by atoms with Gasteiger partial charge in [-0.15, -0.1) is 12.3 Å². The van der Waals surface area contributed by atoms with Gasteiger partial charge in [-0.3, -0.25) is 4.68 Å². The third-order valence-corrected chi connectivity index (χ3v) is 2.57. The summed E-state index contributed by atoms with van der Waals surface area (Å²) in [4.78, 5) is 0. The molecule has 1 heterocycles. The van der Waals surface area contributed by atoms with Crippen LogP contribution < -0.4 is 5.32 Å². The van der Waals surface area contributed by atoms with Gasteiger partial charge in [0, 0.05) is 31.9 Å². The second-order valence-electron chi connectivity index (χ2n) is 3.72. The SMILES string of the molecule is C#CCCNCc1nn(C)c2ccccc12. The molecule has 16 heavy (non-hydrogen) atoms. The van der Waals surface area contributed by atoms with Crippen molar-refractivity contribution in [2.75, 3.05) is 6.54 Å². The van der Waals surface area contributed by atoms with E-state index < -0.39 is 0 Å². The largest absolute Gasteiger partial charge is 0.310 e. The van der Waals surface area contributed by atoms with E-state index in [9.17, 15) is 0 Å². The van der Waals surface area contributed by atoms with E-state index >= 15 is 0 Å². The van der Waals surface area contributed by atoms with Crippen molar-refractivity contribution >= 4 is 10.9 Å². The first-order chi connectivity index (χ1) is 7.83. The summed E-state index contributed by atoms with van der Waals surface area (Å²) >= 11 is 0. The van der Waals surface area contributed by atoms with Crippen molar-refractivity contribution in [1.82, 2.24) is 15.1 Å². The number of benzene rings is 1. The topological polar surface area (TPSA) is 29.9 Å². The predicted molar refractivity (Wildman–Crippen MR) is 65.9 cm³/mol. The van der Waals surface area contributed by atoms with Gasteiger partial charge in [0.25, 0.3) is 0 Å². The fraction of sp³-hybridized carbons (Fsp3) is 0.308. The van der Waals surface area contributed by atoms with Crippen LogP contribution in [-0.4, -0.2) is 16.3 Å². The van der Waals surface area contributed by atoms with Crippen LogP contribution in [0, 0.1) is 12.3 Å². The van der Waals surface area contributed by atoms with Crippen LogP contribution in [0.15, 0.2) is 24.3 Å². The third kappa shape index (κ3) is 2.07. The Balaban J connectivity index is 2.15. The fourth-order valence-corrected chi connectivity index (χ4v) is 1.79. The zero-order valence-electron chi connectivity index (χ0n) is 9.40. The molecule has 0 bridgehead atoms. The van der Waals surface area contributed by atoms with E-state index in [4.69, 9.17) is 6.42 Å². The van der Waals surface area contributed by atoms with E-state index in [2.05, 4.69) is 28.5 Å². The molecule has 3 heteroatoms. The summed E-state index contributed by atoms with van der Waals surface area (Å²) in [5.74, 6) is 2.61. The molecule has 82 valence electrons. The molecule has 0 aliphatic heterocycles. The minimum absolute atomic E-state index is 0.755. The van der Waals surface area contributed by atoms with Crippen molar-refractivity contribution < 1.29 is 0 Å². The smallest absolute Gasteiger partial charge is 0.0841 e. The summed E-state index contributed by atoms with van der Waals surface area (Å²) in [5, 5.41) is 8.99. The van der Waals surface area contributed by atoms with E-state index in [1.807, 2.05) is 23.9 Å². The number of nitrogens with zero attached hydrogens (tertiary/aromatic N) is 2. The lowest BCUT2D eigenvalue weighted by Gasteiger charge is -1.99. The summed E-state index contributed by atoms with van der Waals surface area (Å²) in [5.41, 5.74) is 2.24. The average Bonchev–Trinajstić information content (AvgIpc) is 2.63. The lowest BCUT2D eigenvalue weighted by Crippen LogP contribution is -2.14. The Labute approximate surface area is 95.5 Å². The molecule has 0 radical (unpaired) electrons. The minimum atomic E-state index is 0.755. The fourth-order valence-electron chi connectivity index (χ4n) is 1.79. The number of nitrogens with one attached hydrogen (secondary N) is 1. The van der Waals surface area contributed by atoms with Crippen LogP contribution in [0.25, 0.3) is 10.9 Å². The Kier molecular flexibility index (Phi) is 3.23. The monoisotopic (exact) mass is 213 g/mol. The molecular formula is C13H15N3. The van der Waals surface area contributed by atoms with E-state index in [1.54, 1.807) is 0 Å². The number of fused-ring (bicyclic) bond motifs is 1. The van der Waals surface area contributed by atoms with Gasteiger partial charge in [-0.25, -0.2) is 0 Å². The number of hydrogen-bond acceptors (Lipinski definition) is 2. The lowest BCUT2D eigenvalue weighted by atomic mass is 10.2. The molecule has 1 aromatic carbocycles. The summed E-state index contributed by atoms with van der Waals surface area (Å²) in [6.45, 7) is 1.60. The van der Waals surface area contributed by atoms with E-state index in [0.717, 1.165) is 30.7 Å². The molecule has 0 aliphatic rings. The normalized spacial score (nSPS) is 10.5. The first-order valence-corrected chi connectivity index (χ1v) is 5.37. The Hall–Kier alpha value is -1.79. The first kappa shape index (κ1) is 10.7. The molecule has 1 aromatic heterocycles. The molecule has 0 amide bonds. The summed E-state index contributed by atoms with van der Waals surface area (Å²) in [6, 6.07) is 8.24. The molecule has 0 fully saturated rings. The highest BCUT2D eigenvalue weighted by atomic mass is 15.3. The number of rotatable bonds is 4. The second kappa shape index (κ2) is 4.82. The van der Waals surface area contributed by atoms with Gasteiger partial charge in [-0.1, -0.05) is 18.2 Å². The molecule has 2 aromatic rings. The predicted octanol–water partition coefficient (Wildman–Crippen LogP) is 1.69. The molecule has 2 rings (SSSR count). The van der Waals surface area contributed by atoms with Crippen molar-refractivity contribution in [1.29, 1.82) is 0 Å². The van der Waals surface area contributed by atoms with Gasteiger partial charge in [-0.05, 0) is 6.07 Å². The van der Waals surface area contributed by atoms with Crippen LogP contribution >= 0.6 is 0 Å². The van der Waals surface area contributed by atoms with Crippen molar-refractivity contribution in [3.05, 3.63) is 30.0 Å². The van der Waals surface area contributed by atoms with E-state index in [-0.39, 0.29) is 0 Å². The maximum Gasteiger partial charge on any atom is 0.0841 e. The molecule has 3 nitrogen and oxygen atoms in total. The maximum atomic E-state index is 5.19. The minimum Gasteiger partial charge on any atom is -0.310 e. The van der Waals surface area contributed by atoms with Gasteiger partial charge < -0.3 is 5.32 Å². The standard InChI is InChI=1S/C13H15N3/c1-3-4-9-14-10-12-11-7-5-6-8-13(11)16(2)15-12/h1,5-8,14H,4,9-10H2,2H3. The van der Waals surface area contributed by atoms with Crippen molar-refractivity contribution in [3.8, 4) is 12.3 Å². The van der Waals surface area contributed by atoms with Gasteiger partial charge in [0.05, 0.1) is 11.2 Å². The maximum absolute atomic E-state index is 5.19. The molecule has 0 unspecified atom stereocenters. The van der Waals surface area contributed by atoms with Crippen molar-refractivity contribution in [3.63, 3.8) is 0 Å². The highest BCUT2D eigenvalue weighted by Crippen LogP contribution is 2.16. The number of hydrogen-bond donors (Lipinski definition) is 1. The summed E-state index contributed by atoms with van der Waals surface area (Å²) < 4.78 is 1.91. The molecular weight excluding hydrogens is 198 g/mol. The van der Waals surface area contributed by atoms with Gasteiger partial charge >= 0.3 is 0 Å². The quantitative estimate of drug-likeness (QED) is 0.618. The Morgan fingerprint density at radius 1 is 1.44 bits per heavy atom. The second-order valence-corrected chi connectivity index (χ2v) is 3.72. The van der Waals surface area contributed by atoms with Gasteiger partial charge in [-0.2, -0.15) is 5.10 Å². The highest BCUT2D eigenvalue weighted by Gasteiger charge is 2.06. The Morgan fingerprint density at radius 3 is 3.06 bits per heavy atom. The number of aromatic nitrogens is 2. The van der Waals surface area contributed by atoms with E-state index in [0.29, 0.717) is 0 Å². The van der Waals surface area contributed by atoms with Crippen molar-refractivity contribution in [2.45, 2.75) is 13.0 Å². The molecule has 0 spiro atoms. The van der Waals surface area contributed by atoms with Crippen molar-refractivity contribution in [2.24, 2.45) is 7.05 Å². The van der Waals surface area contributed by atoms with Gasteiger partial charge in [0.2, 0.25) is 0 Å². The zero-order valence-corrected chi connectivity index (χ0v) is 9.40. The third-order valence-electron chi connectivity index (χ3n) is 2.57. The van der Waals surface area contributed by atoms with Crippen LogP contribution in [0.5, 0.6) is 0 Å². The zero-order chi connectivity index (χ0) is 11.4. The first-order valence-electron chi connectivity index (χ1n) is 5.37. The van der Waals surface area contributed by atoms with Crippen LogP contribution in [0.3, 0.4) is 0 Å². The molecule has 0 atom stereocenters. The number of terminal acetylenes is 1. The molecule has 0 aliphatic carbocycles.